The zero-order valence-electron chi connectivity index (χ0n) is 17.2. The number of esters is 1. The first-order valence-electron chi connectivity index (χ1n) is 10.0. The molecule has 0 saturated heterocycles. The molecule has 7 atom stereocenters. The Bertz CT molecular complexity index is 825. The number of aliphatic hydroxyl groups excluding tert-OH is 1. The molecule has 0 heterocycles. The van der Waals surface area contributed by atoms with Crippen LogP contribution in [0.4, 0.5) is 0 Å². The maximum atomic E-state index is 12.8. The van der Waals surface area contributed by atoms with Gasteiger partial charge in [-0.1, -0.05) is 32.9 Å². The Morgan fingerprint density at radius 3 is 2.50 bits per heavy atom. The van der Waals surface area contributed by atoms with E-state index >= 15 is 0 Å². The van der Waals surface area contributed by atoms with Gasteiger partial charge < -0.3 is 20.1 Å². The van der Waals surface area contributed by atoms with Crippen molar-refractivity contribution in [1.29, 1.82) is 0 Å². The molecule has 2 saturated carbocycles. The molecule has 0 amide bonds. The van der Waals surface area contributed by atoms with Gasteiger partial charge >= 0.3 is 5.97 Å². The lowest BCUT2D eigenvalue weighted by Crippen LogP contribution is -2.61. The van der Waals surface area contributed by atoms with Crippen molar-refractivity contribution in [3.8, 4) is 0 Å². The van der Waals surface area contributed by atoms with Crippen LogP contribution in [0.15, 0.2) is 23.3 Å². The smallest absolute Gasteiger partial charge is 0.303 e. The molecule has 0 aromatic rings. The number of hydrogen-bond acceptors (Lipinski definition) is 6. The minimum atomic E-state index is -1.75. The fraction of sp³-hybridized carbons (Fsp3) is 0.727. The summed E-state index contributed by atoms with van der Waals surface area (Å²) < 4.78 is 5.83. The lowest BCUT2D eigenvalue weighted by Gasteiger charge is -2.50. The summed E-state index contributed by atoms with van der Waals surface area (Å²) in [6, 6.07) is 0. The molecule has 6 heteroatoms. The summed E-state index contributed by atoms with van der Waals surface area (Å²) >= 11 is 0. The van der Waals surface area contributed by atoms with E-state index in [-0.39, 0.29) is 42.0 Å². The molecule has 0 aromatic heterocycles. The van der Waals surface area contributed by atoms with Crippen LogP contribution in [-0.2, 0) is 14.3 Å². The van der Waals surface area contributed by atoms with Gasteiger partial charge in [-0.25, -0.2) is 0 Å². The summed E-state index contributed by atoms with van der Waals surface area (Å²) in [6.07, 6.45) is 4.00. The second-order valence-electron chi connectivity index (χ2n) is 9.94. The molecule has 0 spiro atoms. The maximum absolute atomic E-state index is 12.8. The highest BCUT2D eigenvalue weighted by atomic mass is 16.6. The Morgan fingerprint density at radius 2 is 1.93 bits per heavy atom. The number of aliphatic hydroxyl groups is 3. The number of carbonyl (C=O) groups is 2. The van der Waals surface area contributed by atoms with Gasteiger partial charge in [-0.2, -0.15) is 0 Å². The van der Waals surface area contributed by atoms with Gasteiger partial charge in [0, 0.05) is 36.5 Å². The molecule has 0 radical (unpaired) electrons. The number of hydrogen-bond donors (Lipinski definition) is 3. The van der Waals surface area contributed by atoms with Crippen molar-refractivity contribution in [3.05, 3.63) is 23.3 Å². The Morgan fingerprint density at radius 1 is 1.29 bits per heavy atom. The highest BCUT2D eigenvalue weighted by Crippen LogP contribution is 2.76. The molecule has 0 aliphatic heterocycles. The Labute approximate surface area is 165 Å². The maximum Gasteiger partial charge on any atom is 0.303 e. The van der Waals surface area contributed by atoms with E-state index < -0.39 is 28.6 Å². The number of fused-ring (bicyclic) bond motifs is 5. The normalized spacial score (nSPS) is 48.5. The summed E-state index contributed by atoms with van der Waals surface area (Å²) in [5, 5.41) is 33.4. The van der Waals surface area contributed by atoms with Gasteiger partial charge in [0.2, 0.25) is 0 Å². The third kappa shape index (κ3) is 2.09. The van der Waals surface area contributed by atoms with Crippen molar-refractivity contribution in [2.75, 3.05) is 6.61 Å². The van der Waals surface area contributed by atoms with E-state index in [0.717, 1.165) is 0 Å². The number of rotatable bonds is 2. The lowest BCUT2D eigenvalue weighted by atomic mass is 9.60. The molecule has 4 aliphatic rings. The van der Waals surface area contributed by atoms with Crippen molar-refractivity contribution >= 4 is 11.8 Å². The van der Waals surface area contributed by atoms with Crippen molar-refractivity contribution in [1.82, 2.24) is 0 Å². The number of carbonyl (C=O) groups excluding carboxylic acids is 2. The van der Waals surface area contributed by atoms with Crippen LogP contribution in [0.2, 0.25) is 0 Å². The van der Waals surface area contributed by atoms with Gasteiger partial charge in [0.1, 0.15) is 11.2 Å². The molecular weight excluding hydrogens is 360 g/mol. The first-order valence-corrected chi connectivity index (χ1v) is 10.0. The predicted octanol–water partition coefficient (Wildman–Crippen LogP) is 1.53. The zero-order valence-corrected chi connectivity index (χ0v) is 17.2. The van der Waals surface area contributed by atoms with Gasteiger partial charge in [0.15, 0.2) is 5.78 Å². The first-order chi connectivity index (χ1) is 12.9. The van der Waals surface area contributed by atoms with E-state index in [0.29, 0.717) is 17.6 Å². The molecule has 4 aliphatic carbocycles. The van der Waals surface area contributed by atoms with Crippen LogP contribution in [0.5, 0.6) is 0 Å². The average molecular weight is 390 g/mol. The summed E-state index contributed by atoms with van der Waals surface area (Å²) in [4.78, 5) is 24.7. The summed E-state index contributed by atoms with van der Waals surface area (Å²) in [6.45, 7) is 8.72. The SMILES string of the molecule is CC(=O)O[C@]12C[C@H](C)C3(O)C4C=C(C)C(=O)[C@@]4(O)CC(CO)=C[C@H]3C1C2(C)C. The lowest BCUT2D eigenvalue weighted by molar-refractivity contribution is -0.186. The van der Waals surface area contributed by atoms with E-state index in [1.54, 1.807) is 13.0 Å². The summed E-state index contributed by atoms with van der Waals surface area (Å²) in [5.41, 5.74) is -3.19. The fourth-order valence-electron chi connectivity index (χ4n) is 6.85. The van der Waals surface area contributed by atoms with E-state index in [4.69, 9.17) is 4.74 Å². The van der Waals surface area contributed by atoms with Gasteiger partial charge in [0.05, 0.1) is 12.2 Å². The van der Waals surface area contributed by atoms with Crippen LogP contribution in [0.3, 0.4) is 0 Å². The van der Waals surface area contributed by atoms with Crippen molar-refractivity contribution in [2.24, 2.45) is 29.1 Å². The van der Waals surface area contributed by atoms with Gasteiger partial charge in [-0.15, -0.1) is 0 Å². The average Bonchev–Trinajstić information content (AvgIpc) is 2.99. The second kappa shape index (κ2) is 5.55. The van der Waals surface area contributed by atoms with Crippen LogP contribution in [0.1, 0.15) is 47.5 Å². The fourth-order valence-corrected chi connectivity index (χ4v) is 6.85. The molecule has 154 valence electrons. The van der Waals surface area contributed by atoms with E-state index in [2.05, 4.69) is 0 Å². The minimum Gasteiger partial charge on any atom is -0.458 e. The number of ether oxygens (including phenoxy) is 1. The van der Waals surface area contributed by atoms with Crippen LogP contribution in [-0.4, -0.2) is 50.5 Å². The Balaban J connectivity index is 1.90. The molecule has 0 bridgehead atoms. The third-order valence-corrected chi connectivity index (χ3v) is 8.20. The molecule has 0 aromatic carbocycles. The van der Waals surface area contributed by atoms with Crippen LogP contribution in [0, 0.1) is 29.1 Å². The highest BCUT2D eigenvalue weighted by molar-refractivity contribution is 6.04. The summed E-state index contributed by atoms with van der Waals surface area (Å²) in [7, 11) is 0. The Hall–Kier alpha value is -1.50. The van der Waals surface area contributed by atoms with Crippen LogP contribution in [0.25, 0.3) is 0 Å². The molecular formula is C22H30O6. The monoisotopic (exact) mass is 390 g/mol. The highest BCUT2D eigenvalue weighted by Gasteiger charge is 2.83. The van der Waals surface area contributed by atoms with Gasteiger partial charge in [-0.3, -0.25) is 9.59 Å². The molecule has 2 fully saturated rings. The van der Waals surface area contributed by atoms with Crippen molar-refractivity contribution < 1.29 is 29.6 Å². The van der Waals surface area contributed by atoms with Crippen molar-refractivity contribution in [2.45, 2.75) is 64.3 Å². The minimum absolute atomic E-state index is 0.0000834. The predicted molar refractivity (Wildman–Crippen MR) is 101 cm³/mol. The standard InChI is InChI=1S/C22H30O6/c1-11-6-16-20(26,18(11)25)9-14(10-23)7-15-17-19(4,5)21(17,28-13(3)24)8-12(2)22(15,16)27/h6-7,12,15-17,23,26-27H,8-10H2,1-5H3/t12-,15-,16?,17?,20+,21+,22?/m0/s1. The van der Waals surface area contributed by atoms with Crippen molar-refractivity contribution in [3.63, 3.8) is 0 Å². The molecule has 4 rings (SSSR count). The quantitative estimate of drug-likeness (QED) is 0.488. The van der Waals surface area contributed by atoms with E-state index in [9.17, 15) is 24.9 Å². The summed E-state index contributed by atoms with van der Waals surface area (Å²) in [5.74, 6) is -2.42. The van der Waals surface area contributed by atoms with Crippen LogP contribution < -0.4 is 0 Å². The molecule has 6 nitrogen and oxygen atoms in total. The first kappa shape index (κ1) is 19.8. The van der Waals surface area contributed by atoms with Gasteiger partial charge in [-0.05, 0) is 30.4 Å². The van der Waals surface area contributed by atoms with E-state index in [1.165, 1.54) is 6.92 Å². The third-order valence-electron chi connectivity index (χ3n) is 8.20. The van der Waals surface area contributed by atoms with E-state index in [1.807, 2.05) is 26.8 Å². The number of ketones is 1. The second-order valence-corrected chi connectivity index (χ2v) is 9.94. The Kier molecular flexibility index (Phi) is 3.93. The largest absolute Gasteiger partial charge is 0.458 e. The molecule has 3 unspecified atom stereocenters. The van der Waals surface area contributed by atoms with Crippen LogP contribution >= 0.6 is 0 Å². The number of Topliss-reactive ketones (excluding diaryl/α,β-unsaturated/α-hetero) is 1. The molecule has 3 N–H and O–H groups in total. The molecule has 28 heavy (non-hydrogen) atoms. The zero-order chi connectivity index (χ0) is 20.9. The topological polar surface area (TPSA) is 104 Å². The van der Waals surface area contributed by atoms with Gasteiger partial charge in [0.25, 0.3) is 0 Å².